The number of hydrogen-bond donors (Lipinski definition) is 2. The number of benzene rings is 2. The first kappa shape index (κ1) is 25.9. The molecule has 0 saturated carbocycles. The molecule has 0 bridgehead atoms. The van der Waals surface area contributed by atoms with Gasteiger partial charge in [0.15, 0.2) is 11.6 Å². The molecule has 2 aromatic rings. The van der Waals surface area contributed by atoms with Gasteiger partial charge in [-0.05, 0) is 38.1 Å². The van der Waals surface area contributed by atoms with E-state index in [0.717, 1.165) is 38.1 Å². The van der Waals surface area contributed by atoms with Gasteiger partial charge in [-0.3, -0.25) is 18.7 Å². The molecule has 10 heteroatoms. The van der Waals surface area contributed by atoms with Gasteiger partial charge in [-0.1, -0.05) is 27.7 Å². The molecule has 0 spiro atoms. The van der Waals surface area contributed by atoms with Gasteiger partial charge in [0.25, 0.3) is 20.2 Å². The second-order valence-electron chi connectivity index (χ2n) is 5.11. The van der Waals surface area contributed by atoms with E-state index in [2.05, 4.69) is 0 Å². The van der Waals surface area contributed by atoms with E-state index in [1.165, 1.54) is 0 Å². The number of ketones is 2. The highest BCUT2D eigenvalue weighted by atomic mass is 32.2. The van der Waals surface area contributed by atoms with E-state index in [1.54, 1.807) is 0 Å². The van der Waals surface area contributed by atoms with E-state index in [9.17, 15) is 35.5 Å². The fourth-order valence-corrected chi connectivity index (χ4v) is 3.67. The van der Waals surface area contributed by atoms with Crippen LogP contribution in [-0.4, -0.2) is 37.5 Å². The lowest BCUT2D eigenvalue weighted by atomic mass is 10.0. The van der Waals surface area contributed by atoms with Crippen LogP contribution in [-0.2, 0) is 20.2 Å². The van der Waals surface area contributed by atoms with Crippen molar-refractivity contribution in [2.45, 2.75) is 51.3 Å². The molecule has 2 rings (SSSR count). The lowest BCUT2D eigenvalue weighted by Crippen LogP contribution is -2.07. The van der Waals surface area contributed by atoms with E-state index in [1.807, 2.05) is 27.7 Å². The third kappa shape index (κ3) is 5.93. The summed E-state index contributed by atoms with van der Waals surface area (Å²) in [6, 6.07) is 3.88. The molecule has 0 aromatic heterocycles. The van der Waals surface area contributed by atoms with Crippen molar-refractivity contribution in [2.75, 3.05) is 0 Å². The van der Waals surface area contributed by atoms with Crippen molar-refractivity contribution >= 4 is 42.6 Å². The van der Waals surface area contributed by atoms with E-state index >= 15 is 0 Å². The van der Waals surface area contributed by atoms with Gasteiger partial charge in [0.2, 0.25) is 0 Å². The first-order valence-electron chi connectivity index (χ1n) is 8.41. The average Bonchev–Trinajstić information content (AvgIpc) is 2.61. The van der Waals surface area contributed by atoms with Crippen LogP contribution in [0.15, 0.2) is 34.1 Å². The highest BCUT2D eigenvalue weighted by molar-refractivity contribution is 7.86. The lowest BCUT2D eigenvalue weighted by Gasteiger charge is -2.11. The molecule has 0 amide bonds. The van der Waals surface area contributed by atoms with Crippen molar-refractivity contribution in [1.82, 2.24) is 0 Å². The van der Waals surface area contributed by atoms with Gasteiger partial charge in [0.05, 0.1) is 0 Å². The molecule has 28 heavy (non-hydrogen) atoms. The minimum absolute atomic E-state index is 0.185. The molecular weight excluding hydrogens is 408 g/mol. The summed E-state index contributed by atoms with van der Waals surface area (Å²) in [7, 11) is -9.66. The Hall–Kier alpha value is -2.14. The minimum Gasteiger partial charge on any atom is -0.295 e. The Bertz CT molecular complexity index is 1010. The van der Waals surface area contributed by atoms with Crippen LogP contribution >= 0.6 is 0 Å². The van der Waals surface area contributed by atoms with Gasteiger partial charge < -0.3 is 0 Å². The normalized spacial score (nSPS) is 11.0. The maximum Gasteiger partial charge on any atom is 0.295 e. The van der Waals surface area contributed by atoms with Crippen LogP contribution in [0.2, 0.25) is 0 Å². The Balaban J connectivity index is 0.00000171. The average molecular weight is 433 g/mol. The fraction of sp³-hybridized carbons (Fsp3) is 0.333. The summed E-state index contributed by atoms with van der Waals surface area (Å²) < 4.78 is 65.2. The third-order valence-corrected chi connectivity index (χ3v) is 5.15. The molecule has 0 saturated heterocycles. The van der Waals surface area contributed by atoms with Crippen molar-refractivity contribution in [3.63, 3.8) is 0 Å². The number of fused-ring (bicyclic) bond motifs is 1. The summed E-state index contributed by atoms with van der Waals surface area (Å²) in [4.78, 5) is 21.6. The van der Waals surface area contributed by atoms with Crippen LogP contribution < -0.4 is 0 Å². The smallest absolute Gasteiger partial charge is 0.295 e. The molecule has 0 aliphatic rings. The summed E-state index contributed by atoms with van der Waals surface area (Å²) in [5.41, 5.74) is -0.369. The molecule has 156 valence electrons. The molecule has 0 unspecified atom stereocenters. The number of hydrogen-bond acceptors (Lipinski definition) is 6. The van der Waals surface area contributed by atoms with Crippen LogP contribution in [0.4, 0.5) is 0 Å². The van der Waals surface area contributed by atoms with E-state index in [4.69, 9.17) is 0 Å². The number of carbonyl (C=O) groups excluding carboxylic acids is 2. The Morgan fingerprint density at radius 3 is 1.07 bits per heavy atom. The molecule has 0 heterocycles. The zero-order chi connectivity index (χ0) is 22.4. The monoisotopic (exact) mass is 432 g/mol. The van der Waals surface area contributed by atoms with Crippen molar-refractivity contribution in [3.05, 3.63) is 35.4 Å². The standard InChI is InChI=1S/C14H12O8S2.2C2H6/c1-7(15)9-3-11-12(13(5-9)23(17,18)19)4-10(8(2)16)6-14(11)24(20,21)22;2*1-2/h3-6H,1-2H3,(H,17,18,19)(H,20,21,22);2*1-2H3. The van der Waals surface area contributed by atoms with E-state index in [-0.39, 0.29) is 21.9 Å². The maximum atomic E-state index is 11.6. The molecule has 0 fully saturated rings. The van der Waals surface area contributed by atoms with Crippen LogP contribution in [0.1, 0.15) is 62.3 Å². The van der Waals surface area contributed by atoms with Crippen LogP contribution in [0.5, 0.6) is 0 Å². The lowest BCUT2D eigenvalue weighted by molar-refractivity contribution is 0.100. The Morgan fingerprint density at radius 2 is 0.893 bits per heavy atom. The van der Waals surface area contributed by atoms with Crippen LogP contribution in [0.25, 0.3) is 10.8 Å². The predicted molar refractivity (Wildman–Crippen MR) is 106 cm³/mol. The minimum atomic E-state index is -4.83. The van der Waals surface area contributed by atoms with E-state index < -0.39 is 41.6 Å². The number of rotatable bonds is 4. The molecule has 0 radical (unpaired) electrons. The first-order chi connectivity index (χ1) is 12.8. The van der Waals surface area contributed by atoms with Gasteiger partial charge >= 0.3 is 0 Å². The fourth-order valence-electron chi connectivity index (χ4n) is 2.23. The zero-order valence-corrected chi connectivity index (χ0v) is 18.1. The second-order valence-corrected chi connectivity index (χ2v) is 7.89. The quantitative estimate of drug-likeness (QED) is 0.548. The summed E-state index contributed by atoms with van der Waals surface area (Å²) in [5, 5.41) is -0.606. The van der Waals surface area contributed by atoms with Crippen molar-refractivity contribution in [3.8, 4) is 0 Å². The summed E-state index contributed by atoms with van der Waals surface area (Å²) in [5.74, 6) is -1.17. The zero-order valence-electron chi connectivity index (χ0n) is 16.5. The van der Waals surface area contributed by atoms with Gasteiger partial charge in [-0.2, -0.15) is 16.8 Å². The highest BCUT2D eigenvalue weighted by Gasteiger charge is 2.24. The summed E-state index contributed by atoms with van der Waals surface area (Å²) in [6.07, 6.45) is 0. The topological polar surface area (TPSA) is 143 Å². The van der Waals surface area contributed by atoms with Crippen molar-refractivity contribution in [1.29, 1.82) is 0 Å². The largest absolute Gasteiger partial charge is 0.295 e. The van der Waals surface area contributed by atoms with Gasteiger partial charge in [0.1, 0.15) is 9.79 Å². The SMILES string of the molecule is CC.CC.CC(=O)c1cc(S(=O)(=O)O)c2cc(C(C)=O)cc(S(=O)(=O)O)c2c1. The van der Waals surface area contributed by atoms with Crippen molar-refractivity contribution < 1.29 is 35.5 Å². The highest BCUT2D eigenvalue weighted by Crippen LogP contribution is 2.32. The second kappa shape index (κ2) is 9.87. The number of carbonyl (C=O) groups is 2. The van der Waals surface area contributed by atoms with Gasteiger partial charge in [-0.25, -0.2) is 0 Å². The van der Waals surface area contributed by atoms with Gasteiger partial charge in [0, 0.05) is 21.9 Å². The predicted octanol–water partition coefficient (Wildman–Crippen LogP) is 3.79. The first-order valence-corrected chi connectivity index (χ1v) is 11.3. The van der Waals surface area contributed by atoms with Crippen LogP contribution in [0.3, 0.4) is 0 Å². The Kier molecular flexibility index (Phi) is 9.12. The molecule has 8 nitrogen and oxygen atoms in total. The van der Waals surface area contributed by atoms with Crippen LogP contribution in [0, 0.1) is 0 Å². The van der Waals surface area contributed by atoms with Crippen molar-refractivity contribution in [2.24, 2.45) is 0 Å². The summed E-state index contributed by atoms with van der Waals surface area (Å²) in [6.45, 7) is 10.2. The molecule has 0 aliphatic heterocycles. The van der Waals surface area contributed by atoms with Gasteiger partial charge in [-0.15, -0.1) is 0 Å². The van der Waals surface area contributed by atoms with E-state index in [0.29, 0.717) is 0 Å². The molecule has 0 atom stereocenters. The molecule has 0 aliphatic carbocycles. The Labute approximate surface area is 165 Å². The molecule has 2 aromatic carbocycles. The summed E-state index contributed by atoms with van der Waals surface area (Å²) >= 11 is 0. The molecule has 2 N–H and O–H groups in total. The third-order valence-electron chi connectivity index (χ3n) is 3.36. The maximum absolute atomic E-state index is 11.6. The molecular formula is C18H24O8S2. The number of Topliss-reactive ketones (excluding diaryl/α,β-unsaturated/α-hetero) is 2. The Morgan fingerprint density at radius 1 is 0.643 bits per heavy atom.